The smallest absolute Gasteiger partial charge is 0.104 e. The lowest BCUT2D eigenvalue weighted by Gasteiger charge is -2.11. The Kier molecular flexibility index (Phi) is 2.39. The largest absolute Gasteiger partial charge is 0.384 e. The van der Waals surface area contributed by atoms with Crippen molar-refractivity contribution in [2.24, 2.45) is 0 Å². The molecule has 0 radical (unpaired) electrons. The van der Waals surface area contributed by atoms with Crippen molar-refractivity contribution >= 4 is 32.3 Å². The topological polar surface area (TPSA) is 20.2 Å². The van der Waals surface area contributed by atoms with Crippen LogP contribution in [0.1, 0.15) is 5.56 Å². The summed E-state index contributed by atoms with van der Waals surface area (Å²) in [7, 11) is 0. The van der Waals surface area contributed by atoms with Crippen LogP contribution in [0.25, 0.3) is 32.3 Å². The summed E-state index contributed by atoms with van der Waals surface area (Å²) in [5.74, 6) is 5.79. The molecule has 0 bridgehead atoms. The molecule has 0 aromatic heterocycles. The predicted molar refractivity (Wildman–Crippen MR) is 84.1 cm³/mol. The van der Waals surface area contributed by atoms with E-state index >= 15 is 0 Å². The number of rotatable bonds is 0. The van der Waals surface area contributed by atoms with Crippen LogP contribution >= 0.6 is 0 Å². The predicted octanol–water partition coefficient (Wildman–Crippen LogP) is 3.93. The van der Waals surface area contributed by atoms with Gasteiger partial charge in [-0.15, -0.1) is 0 Å². The third-order valence-corrected chi connectivity index (χ3v) is 3.83. The van der Waals surface area contributed by atoms with E-state index in [0.29, 0.717) is 0 Å². The molecule has 0 fully saturated rings. The first-order valence-electron chi connectivity index (χ1n) is 6.65. The maximum atomic E-state index is 8.90. The number of hydrogen-bond acceptors (Lipinski definition) is 1. The molecular weight excluding hydrogens is 244 g/mol. The zero-order chi connectivity index (χ0) is 13.5. The number of hydrogen-bond donors (Lipinski definition) is 1. The highest BCUT2D eigenvalue weighted by Crippen LogP contribution is 2.35. The lowest BCUT2D eigenvalue weighted by molar-refractivity contribution is 0.350. The Morgan fingerprint density at radius 3 is 2.15 bits per heavy atom. The molecule has 0 unspecified atom stereocenters. The highest BCUT2D eigenvalue weighted by Gasteiger charge is 2.09. The van der Waals surface area contributed by atoms with Crippen LogP contribution in [0.4, 0.5) is 0 Å². The SMILES string of the molecule is OCC#Cc1ccc2ccc3cccc4ccc1c2c34. The Balaban J connectivity index is 2.26. The first-order valence-corrected chi connectivity index (χ1v) is 6.65. The maximum Gasteiger partial charge on any atom is 0.104 e. The molecule has 0 saturated heterocycles. The Hall–Kier alpha value is -2.56. The van der Waals surface area contributed by atoms with Crippen LogP contribution in [-0.4, -0.2) is 11.7 Å². The fraction of sp³-hybridized carbons (Fsp3) is 0.0526. The zero-order valence-electron chi connectivity index (χ0n) is 10.9. The second-order valence-electron chi connectivity index (χ2n) is 4.93. The average Bonchev–Trinajstić information content (AvgIpc) is 2.51. The van der Waals surface area contributed by atoms with E-state index in [9.17, 15) is 0 Å². The van der Waals surface area contributed by atoms with Gasteiger partial charge in [-0.25, -0.2) is 0 Å². The Morgan fingerprint density at radius 1 is 0.750 bits per heavy atom. The van der Waals surface area contributed by atoms with Gasteiger partial charge in [-0.1, -0.05) is 60.4 Å². The molecule has 0 heterocycles. The molecule has 0 aliphatic carbocycles. The maximum absolute atomic E-state index is 8.90. The summed E-state index contributed by atoms with van der Waals surface area (Å²) >= 11 is 0. The van der Waals surface area contributed by atoms with E-state index in [1.165, 1.54) is 26.9 Å². The number of aliphatic hydroxyl groups is 1. The van der Waals surface area contributed by atoms with Gasteiger partial charge in [0.15, 0.2) is 0 Å². The summed E-state index contributed by atoms with van der Waals surface area (Å²) in [5.41, 5.74) is 0.977. The van der Waals surface area contributed by atoms with E-state index in [1.54, 1.807) is 0 Å². The summed E-state index contributed by atoms with van der Waals surface area (Å²) in [5, 5.41) is 16.4. The van der Waals surface area contributed by atoms with E-state index in [1.807, 2.05) is 6.07 Å². The quantitative estimate of drug-likeness (QED) is 0.373. The van der Waals surface area contributed by atoms with Gasteiger partial charge < -0.3 is 5.11 Å². The van der Waals surface area contributed by atoms with Crippen LogP contribution in [0.15, 0.2) is 54.6 Å². The first kappa shape index (κ1) is 11.3. The summed E-state index contributed by atoms with van der Waals surface area (Å²) in [6.45, 7) is -0.109. The molecular formula is C19H12O. The van der Waals surface area contributed by atoms with Crippen LogP contribution in [-0.2, 0) is 0 Å². The highest BCUT2D eigenvalue weighted by molar-refractivity contribution is 6.23. The molecule has 1 heteroatoms. The van der Waals surface area contributed by atoms with Crippen LogP contribution in [0, 0.1) is 11.8 Å². The fourth-order valence-electron chi connectivity index (χ4n) is 2.98. The van der Waals surface area contributed by atoms with Crippen molar-refractivity contribution in [3.63, 3.8) is 0 Å². The molecule has 0 spiro atoms. The Bertz CT molecular complexity index is 971. The van der Waals surface area contributed by atoms with E-state index in [4.69, 9.17) is 5.11 Å². The van der Waals surface area contributed by atoms with E-state index in [2.05, 4.69) is 60.4 Å². The third-order valence-electron chi connectivity index (χ3n) is 3.83. The molecule has 4 aromatic carbocycles. The minimum Gasteiger partial charge on any atom is -0.384 e. The molecule has 0 amide bonds. The fourth-order valence-corrected chi connectivity index (χ4v) is 2.98. The Morgan fingerprint density at radius 2 is 1.40 bits per heavy atom. The van der Waals surface area contributed by atoms with Crippen LogP contribution in [0.5, 0.6) is 0 Å². The highest BCUT2D eigenvalue weighted by atomic mass is 16.2. The number of benzene rings is 4. The monoisotopic (exact) mass is 256 g/mol. The van der Waals surface area contributed by atoms with Crippen LogP contribution < -0.4 is 0 Å². The van der Waals surface area contributed by atoms with Gasteiger partial charge in [-0.3, -0.25) is 0 Å². The lowest BCUT2D eigenvalue weighted by atomic mass is 9.92. The summed E-state index contributed by atoms with van der Waals surface area (Å²) in [6, 6.07) is 19.1. The van der Waals surface area contributed by atoms with Gasteiger partial charge in [0.05, 0.1) is 0 Å². The van der Waals surface area contributed by atoms with Gasteiger partial charge in [-0.2, -0.15) is 0 Å². The van der Waals surface area contributed by atoms with Crippen LogP contribution in [0.2, 0.25) is 0 Å². The van der Waals surface area contributed by atoms with Crippen molar-refractivity contribution in [3.05, 3.63) is 60.2 Å². The minimum absolute atomic E-state index is 0.109. The van der Waals surface area contributed by atoms with E-state index in [0.717, 1.165) is 10.9 Å². The Labute approximate surface area is 116 Å². The molecule has 0 atom stereocenters. The zero-order valence-corrected chi connectivity index (χ0v) is 10.9. The summed E-state index contributed by atoms with van der Waals surface area (Å²) in [4.78, 5) is 0. The molecule has 1 nitrogen and oxygen atoms in total. The van der Waals surface area contributed by atoms with E-state index in [-0.39, 0.29) is 6.61 Å². The van der Waals surface area contributed by atoms with Gasteiger partial charge >= 0.3 is 0 Å². The van der Waals surface area contributed by atoms with Gasteiger partial charge in [0.25, 0.3) is 0 Å². The van der Waals surface area contributed by atoms with Gasteiger partial charge in [0, 0.05) is 5.56 Å². The number of aliphatic hydroxyl groups excluding tert-OH is 1. The van der Waals surface area contributed by atoms with Gasteiger partial charge in [0.2, 0.25) is 0 Å². The van der Waals surface area contributed by atoms with Gasteiger partial charge in [-0.05, 0) is 38.4 Å². The molecule has 4 rings (SSSR count). The lowest BCUT2D eigenvalue weighted by Crippen LogP contribution is -1.86. The van der Waals surface area contributed by atoms with Crippen molar-refractivity contribution in [2.45, 2.75) is 0 Å². The van der Waals surface area contributed by atoms with Crippen molar-refractivity contribution in [2.75, 3.05) is 6.61 Å². The van der Waals surface area contributed by atoms with Crippen LogP contribution in [0.3, 0.4) is 0 Å². The normalized spacial score (nSPS) is 11.1. The third kappa shape index (κ3) is 1.49. The van der Waals surface area contributed by atoms with Crippen molar-refractivity contribution in [1.29, 1.82) is 0 Å². The van der Waals surface area contributed by atoms with Crippen molar-refractivity contribution in [3.8, 4) is 11.8 Å². The average molecular weight is 256 g/mol. The molecule has 20 heavy (non-hydrogen) atoms. The molecule has 94 valence electrons. The van der Waals surface area contributed by atoms with E-state index < -0.39 is 0 Å². The van der Waals surface area contributed by atoms with Crippen molar-refractivity contribution < 1.29 is 5.11 Å². The summed E-state index contributed by atoms with van der Waals surface area (Å²) in [6.07, 6.45) is 0. The minimum atomic E-state index is -0.109. The van der Waals surface area contributed by atoms with Gasteiger partial charge in [0.1, 0.15) is 6.61 Å². The molecule has 1 N–H and O–H groups in total. The second-order valence-corrected chi connectivity index (χ2v) is 4.93. The molecule has 0 aliphatic heterocycles. The molecule has 0 aliphatic rings. The summed E-state index contributed by atoms with van der Waals surface area (Å²) < 4.78 is 0. The molecule has 0 saturated carbocycles. The standard InChI is InChI=1S/C19H12O/c20-12-2-5-13-6-7-16-9-8-14-3-1-4-15-10-11-17(13)19(16)18(14)15/h1,3-4,6-11,20H,12H2. The first-order chi connectivity index (χ1) is 9.88. The molecule has 4 aromatic rings. The second kappa shape index (κ2) is 4.23. The van der Waals surface area contributed by atoms with Crippen molar-refractivity contribution in [1.82, 2.24) is 0 Å².